The molecule has 1 aromatic rings. The Morgan fingerprint density at radius 2 is 1.89 bits per heavy atom. The highest BCUT2D eigenvalue weighted by Crippen LogP contribution is 2.31. The van der Waals surface area contributed by atoms with Gasteiger partial charge in [0.1, 0.15) is 0 Å². The Balaban J connectivity index is 1.52. The molecule has 1 aromatic carbocycles. The summed E-state index contributed by atoms with van der Waals surface area (Å²) in [6.07, 6.45) is -3.91. The monoisotopic (exact) mass is 419 g/mol. The van der Waals surface area contributed by atoms with E-state index in [9.17, 15) is 26.4 Å². The summed E-state index contributed by atoms with van der Waals surface area (Å²) in [6.45, 7) is 2.34. The Bertz CT molecular complexity index is 821. The highest BCUT2D eigenvalue weighted by atomic mass is 32.2. The van der Waals surface area contributed by atoms with Gasteiger partial charge < -0.3 is 9.80 Å². The topological polar surface area (TPSA) is 60.9 Å². The van der Waals surface area contributed by atoms with Crippen molar-refractivity contribution in [3.8, 4) is 0 Å². The molecule has 10 heteroatoms. The standard InChI is InChI=1S/C18H24F3N3O3S/c1-22(16-5-10-28(26,27)13-16)17(25)12-23-6-8-24(9-7-23)15-4-2-3-14(11-15)18(19,20)21/h2-4,11,16H,5-10,12-13H2,1H3. The number of likely N-dealkylation sites (N-methyl/N-ethyl adjacent to an activating group) is 1. The van der Waals surface area contributed by atoms with Crippen molar-refractivity contribution in [1.29, 1.82) is 0 Å². The highest BCUT2D eigenvalue weighted by Gasteiger charge is 2.34. The van der Waals surface area contributed by atoms with Gasteiger partial charge in [-0.25, -0.2) is 8.42 Å². The molecule has 0 bridgehead atoms. The predicted octanol–water partition coefficient (Wildman–Crippen LogP) is 1.47. The number of sulfone groups is 1. The van der Waals surface area contributed by atoms with Crippen LogP contribution < -0.4 is 4.90 Å². The lowest BCUT2D eigenvalue weighted by Crippen LogP contribution is -2.51. The fourth-order valence-corrected chi connectivity index (χ4v) is 5.40. The highest BCUT2D eigenvalue weighted by molar-refractivity contribution is 7.91. The molecule has 0 spiro atoms. The third kappa shape index (κ3) is 4.96. The molecule has 3 rings (SSSR count). The maximum absolute atomic E-state index is 12.9. The van der Waals surface area contributed by atoms with Crippen LogP contribution in [0.25, 0.3) is 0 Å². The Morgan fingerprint density at radius 3 is 2.46 bits per heavy atom. The van der Waals surface area contributed by atoms with Crippen molar-refractivity contribution >= 4 is 21.4 Å². The molecule has 6 nitrogen and oxygen atoms in total. The van der Waals surface area contributed by atoms with E-state index in [4.69, 9.17) is 0 Å². The van der Waals surface area contributed by atoms with Gasteiger partial charge in [0.05, 0.1) is 23.6 Å². The molecule has 28 heavy (non-hydrogen) atoms. The number of rotatable bonds is 4. The van der Waals surface area contributed by atoms with Crippen LogP contribution in [0, 0.1) is 0 Å². The summed E-state index contributed by atoms with van der Waals surface area (Å²) < 4.78 is 61.8. The Kier molecular flexibility index (Phi) is 5.90. The van der Waals surface area contributed by atoms with Crippen LogP contribution in [0.5, 0.6) is 0 Å². The lowest BCUT2D eigenvalue weighted by atomic mass is 10.1. The van der Waals surface area contributed by atoms with Gasteiger partial charge in [-0.2, -0.15) is 13.2 Å². The largest absolute Gasteiger partial charge is 0.416 e. The molecule has 2 saturated heterocycles. The molecule has 1 amide bonds. The lowest BCUT2D eigenvalue weighted by molar-refractivity contribution is -0.137. The first-order chi connectivity index (χ1) is 13.0. The fourth-order valence-electron chi connectivity index (χ4n) is 3.63. The smallest absolute Gasteiger partial charge is 0.369 e. The zero-order valence-corrected chi connectivity index (χ0v) is 16.5. The molecule has 0 saturated carbocycles. The second-order valence-corrected chi connectivity index (χ2v) is 9.60. The first-order valence-electron chi connectivity index (χ1n) is 9.16. The van der Waals surface area contributed by atoms with Crippen LogP contribution in [0.1, 0.15) is 12.0 Å². The molecule has 0 radical (unpaired) electrons. The number of halogens is 3. The van der Waals surface area contributed by atoms with Gasteiger partial charge in [0.25, 0.3) is 0 Å². The van der Waals surface area contributed by atoms with Gasteiger partial charge in [-0.05, 0) is 24.6 Å². The minimum atomic E-state index is -4.37. The molecule has 2 aliphatic rings. The number of carbonyl (C=O) groups is 1. The SMILES string of the molecule is CN(C(=O)CN1CCN(c2cccc(C(F)(F)F)c2)CC1)C1CCS(=O)(=O)C1. The quantitative estimate of drug-likeness (QED) is 0.740. The second-order valence-electron chi connectivity index (χ2n) is 7.37. The molecule has 2 fully saturated rings. The van der Waals surface area contributed by atoms with Crippen LogP contribution in [0.15, 0.2) is 24.3 Å². The normalized spacial score (nSPS) is 23.0. The third-order valence-electron chi connectivity index (χ3n) is 5.42. The zero-order chi connectivity index (χ0) is 20.5. The maximum Gasteiger partial charge on any atom is 0.416 e. The van der Waals surface area contributed by atoms with E-state index in [1.165, 1.54) is 11.0 Å². The number of benzene rings is 1. The van der Waals surface area contributed by atoms with Crippen LogP contribution in [0.2, 0.25) is 0 Å². The molecule has 1 atom stereocenters. The molecule has 2 heterocycles. The van der Waals surface area contributed by atoms with Gasteiger partial charge in [0, 0.05) is 45.0 Å². The number of hydrogen-bond donors (Lipinski definition) is 0. The van der Waals surface area contributed by atoms with E-state index in [1.807, 2.05) is 9.80 Å². The number of anilines is 1. The van der Waals surface area contributed by atoms with E-state index in [0.29, 0.717) is 38.3 Å². The predicted molar refractivity (Wildman–Crippen MR) is 99.9 cm³/mol. The Labute approximate surface area is 162 Å². The van der Waals surface area contributed by atoms with E-state index in [1.54, 1.807) is 13.1 Å². The Morgan fingerprint density at radius 1 is 1.21 bits per heavy atom. The number of carbonyl (C=O) groups excluding carboxylic acids is 1. The van der Waals surface area contributed by atoms with Gasteiger partial charge in [0.2, 0.25) is 5.91 Å². The van der Waals surface area contributed by atoms with E-state index >= 15 is 0 Å². The summed E-state index contributed by atoms with van der Waals surface area (Å²) in [5, 5.41) is 0. The number of amides is 1. The van der Waals surface area contributed by atoms with Crippen molar-refractivity contribution in [3.63, 3.8) is 0 Å². The molecule has 2 aliphatic heterocycles. The van der Waals surface area contributed by atoms with Crippen molar-refractivity contribution in [3.05, 3.63) is 29.8 Å². The molecule has 0 aromatic heterocycles. The summed E-state index contributed by atoms with van der Waals surface area (Å²) in [6, 6.07) is 4.99. The van der Waals surface area contributed by atoms with Gasteiger partial charge in [0.15, 0.2) is 9.84 Å². The number of piperazine rings is 1. The minimum Gasteiger partial charge on any atom is -0.369 e. The van der Waals surface area contributed by atoms with Crippen LogP contribution >= 0.6 is 0 Å². The number of nitrogens with zero attached hydrogens (tertiary/aromatic N) is 3. The van der Waals surface area contributed by atoms with Crippen molar-refractivity contribution in [2.45, 2.75) is 18.6 Å². The lowest BCUT2D eigenvalue weighted by Gasteiger charge is -2.37. The number of alkyl halides is 3. The maximum atomic E-state index is 12.9. The summed E-state index contributed by atoms with van der Waals surface area (Å²) in [4.78, 5) is 17.8. The van der Waals surface area contributed by atoms with Crippen molar-refractivity contribution in [2.75, 3.05) is 56.2 Å². The van der Waals surface area contributed by atoms with Crippen molar-refractivity contribution in [1.82, 2.24) is 9.80 Å². The second kappa shape index (κ2) is 7.90. The van der Waals surface area contributed by atoms with E-state index in [-0.39, 0.29) is 30.0 Å². The summed E-state index contributed by atoms with van der Waals surface area (Å²) in [7, 11) is -1.42. The van der Waals surface area contributed by atoms with Gasteiger partial charge in [-0.3, -0.25) is 9.69 Å². The van der Waals surface area contributed by atoms with E-state index in [0.717, 1.165) is 12.1 Å². The zero-order valence-electron chi connectivity index (χ0n) is 15.7. The average molecular weight is 419 g/mol. The molecule has 156 valence electrons. The molecular formula is C18H24F3N3O3S. The number of hydrogen-bond acceptors (Lipinski definition) is 5. The molecular weight excluding hydrogens is 395 g/mol. The Hall–Kier alpha value is -1.81. The van der Waals surface area contributed by atoms with Crippen molar-refractivity contribution in [2.24, 2.45) is 0 Å². The molecule has 1 unspecified atom stereocenters. The van der Waals surface area contributed by atoms with Crippen LogP contribution in [0.3, 0.4) is 0 Å². The first-order valence-corrected chi connectivity index (χ1v) is 11.0. The van der Waals surface area contributed by atoms with Gasteiger partial charge in [-0.1, -0.05) is 6.07 Å². The summed E-state index contributed by atoms with van der Waals surface area (Å²) in [5.74, 6) is -0.00150. The molecule has 0 aliphatic carbocycles. The summed E-state index contributed by atoms with van der Waals surface area (Å²) in [5.41, 5.74) is -0.148. The van der Waals surface area contributed by atoms with E-state index in [2.05, 4.69) is 0 Å². The summed E-state index contributed by atoms with van der Waals surface area (Å²) >= 11 is 0. The average Bonchev–Trinajstić information content (AvgIpc) is 3.01. The fraction of sp³-hybridized carbons (Fsp3) is 0.611. The van der Waals surface area contributed by atoms with Crippen molar-refractivity contribution < 1.29 is 26.4 Å². The molecule has 0 N–H and O–H groups in total. The van der Waals surface area contributed by atoms with E-state index < -0.39 is 21.6 Å². The van der Waals surface area contributed by atoms with Crippen LogP contribution in [-0.2, 0) is 20.8 Å². The first kappa shape index (κ1) is 20.9. The van der Waals surface area contributed by atoms with Crippen LogP contribution in [-0.4, -0.2) is 81.4 Å². The third-order valence-corrected chi connectivity index (χ3v) is 7.17. The van der Waals surface area contributed by atoms with Gasteiger partial charge >= 0.3 is 6.18 Å². The van der Waals surface area contributed by atoms with Crippen LogP contribution in [0.4, 0.5) is 18.9 Å². The minimum absolute atomic E-state index is 0.0125. The van der Waals surface area contributed by atoms with Gasteiger partial charge in [-0.15, -0.1) is 0 Å².